The molecule has 0 amide bonds. The Hall–Kier alpha value is -7.97. The molecule has 0 heterocycles. The fourth-order valence-electron chi connectivity index (χ4n) is 9.94. The molecule has 12 aromatic carbocycles. The predicted octanol–water partition coefficient (Wildman–Crippen LogP) is 18.5. The third-order valence-electron chi connectivity index (χ3n) is 12.9. The van der Waals surface area contributed by atoms with Crippen LogP contribution in [0.25, 0.3) is 110 Å². The minimum absolute atomic E-state index is 1.21. The van der Waals surface area contributed by atoms with E-state index in [0.717, 1.165) is 0 Å². The van der Waals surface area contributed by atoms with Gasteiger partial charge < -0.3 is 0 Å². The van der Waals surface area contributed by atoms with Crippen molar-refractivity contribution >= 4 is 54.9 Å². The fourth-order valence-corrected chi connectivity index (χ4v) is 10.8. The Bertz CT molecular complexity index is 3610. The Morgan fingerprint density at radius 2 is 0.415 bits per heavy atom. The van der Waals surface area contributed by atoms with Crippen LogP contribution in [0.3, 0.4) is 0 Å². The number of hydrogen-bond acceptors (Lipinski definition) is 1. The van der Waals surface area contributed by atoms with Gasteiger partial charge in [-0.05, 0) is 140 Å². The minimum Gasteiger partial charge on any atom is -0.0901 e. The van der Waals surface area contributed by atoms with Crippen LogP contribution < -0.4 is 0 Å². The molecule has 0 aliphatic carbocycles. The van der Waals surface area contributed by atoms with E-state index in [1.54, 1.807) is 11.8 Å². The monoisotopic (exact) mass is 842 g/mol. The standard InChI is InChI=1S/C64H42S/c1-4-16-43(17-5-1)45-32-37-51(38-33-45)65-52-39-34-49(35-40-52)62-55-24-12-10-22-53(55)61(54-23-11-13-25-56(54)62)47-28-30-48(31-29-47)63-57-26-14-15-27-58(57)64(46-20-8-3-9-21-46)60-42-50(36-41-59(60)63)44-18-6-2-7-19-44/h1-42H. The second kappa shape index (κ2) is 16.6. The van der Waals surface area contributed by atoms with Crippen molar-refractivity contribution in [2.45, 2.75) is 9.79 Å². The van der Waals surface area contributed by atoms with E-state index in [4.69, 9.17) is 0 Å². The van der Waals surface area contributed by atoms with Crippen LogP contribution >= 0.6 is 11.8 Å². The fraction of sp³-hybridized carbons (Fsp3) is 0. The molecular formula is C64H42S. The molecule has 0 aliphatic rings. The van der Waals surface area contributed by atoms with Gasteiger partial charge in [0.1, 0.15) is 0 Å². The van der Waals surface area contributed by atoms with Crippen LogP contribution in [0.15, 0.2) is 265 Å². The molecular weight excluding hydrogens is 801 g/mol. The van der Waals surface area contributed by atoms with E-state index >= 15 is 0 Å². The lowest BCUT2D eigenvalue weighted by Gasteiger charge is -2.20. The zero-order chi connectivity index (χ0) is 43.1. The summed E-state index contributed by atoms with van der Waals surface area (Å²) in [7, 11) is 0. The van der Waals surface area contributed by atoms with Crippen molar-refractivity contribution in [2.75, 3.05) is 0 Å². The topological polar surface area (TPSA) is 0 Å². The molecule has 0 N–H and O–H groups in total. The van der Waals surface area contributed by atoms with Gasteiger partial charge in [-0.25, -0.2) is 0 Å². The van der Waals surface area contributed by atoms with Crippen LogP contribution in [-0.4, -0.2) is 0 Å². The first-order valence-corrected chi connectivity index (χ1v) is 23.1. The zero-order valence-electron chi connectivity index (χ0n) is 35.7. The quantitative estimate of drug-likeness (QED) is 0.137. The summed E-state index contributed by atoms with van der Waals surface area (Å²) in [6.07, 6.45) is 0. The van der Waals surface area contributed by atoms with Gasteiger partial charge in [0, 0.05) is 9.79 Å². The molecule has 0 bridgehead atoms. The van der Waals surface area contributed by atoms with Crippen molar-refractivity contribution in [1.82, 2.24) is 0 Å². The molecule has 304 valence electrons. The van der Waals surface area contributed by atoms with Crippen molar-refractivity contribution in [3.8, 4) is 66.8 Å². The van der Waals surface area contributed by atoms with Gasteiger partial charge in [-0.15, -0.1) is 0 Å². The highest BCUT2D eigenvalue weighted by molar-refractivity contribution is 7.99. The Labute approximate surface area is 384 Å². The number of hydrogen-bond donors (Lipinski definition) is 0. The van der Waals surface area contributed by atoms with Crippen molar-refractivity contribution in [3.63, 3.8) is 0 Å². The van der Waals surface area contributed by atoms with Crippen LogP contribution in [-0.2, 0) is 0 Å². The normalized spacial score (nSPS) is 11.4. The van der Waals surface area contributed by atoms with Gasteiger partial charge in [-0.3, -0.25) is 0 Å². The average molecular weight is 843 g/mol. The van der Waals surface area contributed by atoms with Gasteiger partial charge in [0.25, 0.3) is 0 Å². The third-order valence-corrected chi connectivity index (χ3v) is 13.9. The highest BCUT2D eigenvalue weighted by Crippen LogP contribution is 2.47. The highest BCUT2D eigenvalue weighted by atomic mass is 32.2. The summed E-state index contributed by atoms with van der Waals surface area (Å²) >= 11 is 1.80. The minimum atomic E-state index is 1.21. The summed E-state index contributed by atoms with van der Waals surface area (Å²) in [6, 6.07) is 93.4. The van der Waals surface area contributed by atoms with E-state index in [1.165, 1.54) is 120 Å². The number of fused-ring (bicyclic) bond motifs is 4. The maximum atomic E-state index is 2.40. The molecule has 0 fully saturated rings. The summed E-state index contributed by atoms with van der Waals surface area (Å²) in [4.78, 5) is 2.45. The summed E-state index contributed by atoms with van der Waals surface area (Å²) in [5.74, 6) is 0. The molecule has 12 rings (SSSR count). The lowest BCUT2D eigenvalue weighted by Crippen LogP contribution is -1.93. The van der Waals surface area contributed by atoms with E-state index < -0.39 is 0 Å². The van der Waals surface area contributed by atoms with Crippen LogP contribution in [0.5, 0.6) is 0 Å². The lowest BCUT2D eigenvalue weighted by atomic mass is 9.83. The third kappa shape index (κ3) is 7.08. The van der Waals surface area contributed by atoms with Crippen molar-refractivity contribution in [2.24, 2.45) is 0 Å². The Kier molecular flexibility index (Phi) is 9.89. The van der Waals surface area contributed by atoms with Gasteiger partial charge in [0.05, 0.1) is 0 Å². The van der Waals surface area contributed by atoms with Crippen LogP contribution in [0.4, 0.5) is 0 Å². The van der Waals surface area contributed by atoms with E-state index in [9.17, 15) is 0 Å². The lowest BCUT2D eigenvalue weighted by molar-refractivity contribution is 1.41. The zero-order valence-corrected chi connectivity index (χ0v) is 36.5. The van der Waals surface area contributed by atoms with E-state index in [1.807, 2.05) is 0 Å². The van der Waals surface area contributed by atoms with Gasteiger partial charge in [0.2, 0.25) is 0 Å². The first-order valence-electron chi connectivity index (χ1n) is 22.3. The predicted molar refractivity (Wildman–Crippen MR) is 280 cm³/mol. The van der Waals surface area contributed by atoms with Crippen LogP contribution in [0.1, 0.15) is 0 Å². The number of benzene rings is 12. The van der Waals surface area contributed by atoms with E-state index in [-0.39, 0.29) is 0 Å². The first kappa shape index (κ1) is 38.7. The second-order valence-electron chi connectivity index (χ2n) is 16.7. The molecule has 12 aromatic rings. The molecule has 0 radical (unpaired) electrons. The molecule has 65 heavy (non-hydrogen) atoms. The van der Waals surface area contributed by atoms with Crippen molar-refractivity contribution < 1.29 is 0 Å². The molecule has 0 spiro atoms. The number of rotatable bonds is 8. The molecule has 0 saturated carbocycles. The highest BCUT2D eigenvalue weighted by Gasteiger charge is 2.20. The Morgan fingerprint density at radius 1 is 0.169 bits per heavy atom. The maximum absolute atomic E-state index is 2.40. The Morgan fingerprint density at radius 3 is 0.815 bits per heavy atom. The summed E-state index contributed by atoms with van der Waals surface area (Å²) in [5.41, 5.74) is 14.8. The summed E-state index contributed by atoms with van der Waals surface area (Å²) in [6.45, 7) is 0. The van der Waals surface area contributed by atoms with Crippen LogP contribution in [0, 0.1) is 0 Å². The van der Waals surface area contributed by atoms with Crippen molar-refractivity contribution in [3.05, 3.63) is 255 Å². The van der Waals surface area contributed by atoms with Gasteiger partial charge in [-0.1, -0.05) is 236 Å². The average Bonchev–Trinajstić information content (AvgIpc) is 3.38. The molecule has 0 aromatic heterocycles. The Balaban J connectivity index is 0.954. The maximum Gasteiger partial charge on any atom is 0.0122 e. The molecule has 0 atom stereocenters. The first-order chi connectivity index (χ1) is 32.2. The molecule has 0 saturated heterocycles. The van der Waals surface area contributed by atoms with Crippen LogP contribution in [0.2, 0.25) is 0 Å². The molecule has 0 unspecified atom stereocenters. The van der Waals surface area contributed by atoms with Gasteiger partial charge in [-0.2, -0.15) is 0 Å². The SMILES string of the molecule is c1ccc(-c2ccc(Sc3ccc(-c4c5ccccc5c(-c5ccc(-c6c7ccccc7c(-c7ccccc7)c7cc(-c8ccccc8)ccc67)cc5)c5ccccc45)cc3)cc2)cc1. The van der Waals surface area contributed by atoms with Gasteiger partial charge >= 0.3 is 0 Å². The second-order valence-corrected chi connectivity index (χ2v) is 17.9. The largest absolute Gasteiger partial charge is 0.0901 e. The summed E-state index contributed by atoms with van der Waals surface area (Å²) < 4.78 is 0. The van der Waals surface area contributed by atoms with E-state index in [0.29, 0.717) is 0 Å². The molecule has 0 nitrogen and oxygen atoms in total. The smallest absolute Gasteiger partial charge is 0.0122 e. The molecule has 0 aliphatic heterocycles. The molecule has 1 heteroatoms. The van der Waals surface area contributed by atoms with Gasteiger partial charge in [0.15, 0.2) is 0 Å². The van der Waals surface area contributed by atoms with Crippen molar-refractivity contribution in [1.29, 1.82) is 0 Å². The summed E-state index contributed by atoms with van der Waals surface area (Å²) in [5, 5.41) is 10.0. The van der Waals surface area contributed by atoms with E-state index in [2.05, 4.69) is 255 Å².